The van der Waals surface area contributed by atoms with E-state index in [1.807, 2.05) is 18.2 Å². The van der Waals surface area contributed by atoms with Crippen molar-refractivity contribution in [2.75, 3.05) is 5.32 Å². The molecule has 148 valence electrons. The Morgan fingerprint density at radius 3 is 2.23 bits per heavy atom. The molecule has 0 atom stereocenters. The first-order valence-electron chi connectivity index (χ1n) is 8.93. The largest absolute Gasteiger partial charge is 0.298 e. The van der Waals surface area contributed by atoms with Crippen molar-refractivity contribution in [1.29, 1.82) is 0 Å². The van der Waals surface area contributed by atoms with Crippen molar-refractivity contribution in [3.8, 4) is 11.3 Å². The van der Waals surface area contributed by atoms with Gasteiger partial charge in [-0.15, -0.1) is 11.3 Å². The molecule has 1 aromatic heterocycles. The molecule has 0 aliphatic heterocycles. The van der Waals surface area contributed by atoms with E-state index >= 15 is 0 Å². The molecule has 4 aromatic rings. The Kier molecular flexibility index (Phi) is 5.95. The summed E-state index contributed by atoms with van der Waals surface area (Å²) < 4.78 is 0. The molecule has 0 bridgehead atoms. The van der Waals surface area contributed by atoms with Gasteiger partial charge in [-0.3, -0.25) is 14.9 Å². The minimum atomic E-state index is -0.313. The second-order valence-electron chi connectivity index (χ2n) is 6.39. The second-order valence-corrected chi connectivity index (χ2v) is 8.09. The summed E-state index contributed by atoms with van der Waals surface area (Å²) in [5.41, 5.74) is 2.88. The van der Waals surface area contributed by atoms with Gasteiger partial charge in [-0.05, 0) is 30.3 Å². The maximum atomic E-state index is 12.6. The maximum Gasteiger partial charge on any atom is 0.257 e. The summed E-state index contributed by atoms with van der Waals surface area (Å²) in [5.74, 6) is -0.405. The molecule has 0 fully saturated rings. The van der Waals surface area contributed by atoms with Crippen molar-refractivity contribution in [3.05, 3.63) is 105 Å². The molecule has 0 aliphatic rings. The van der Waals surface area contributed by atoms with Crippen molar-refractivity contribution in [1.82, 2.24) is 4.98 Å². The SMILES string of the molecule is O=C(Nc1nc(-c2cc(Cl)ccc2Cl)cs1)c1ccc(C(=O)c2ccccc2)cc1. The predicted molar refractivity (Wildman–Crippen MR) is 122 cm³/mol. The monoisotopic (exact) mass is 452 g/mol. The number of carbonyl (C=O) groups excluding carboxylic acids is 2. The van der Waals surface area contributed by atoms with Crippen LogP contribution in [0.15, 0.2) is 78.2 Å². The standard InChI is InChI=1S/C23H14Cl2N2O2S/c24-17-10-11-19(25)18(12-17)20-13-30-23(26-20)27-22(29)16-8-6-15(7-9-16)21(28)14-4-2-1-3-5-14/h1-13H,(H,26,27,29). The van der Waals surface area contributed by atoms with Gasteiger partial charge in [-0.2, -0.15) is 0 Å². The van der Waals surface area contributed by atoms with Gasteiger partial charge in [0, 0.05) is 32.7 Å². The normalized spacial score (nSPS) is 10.6. The fraction of sp³-hybridized carbons (Fsp3) is 0. The first kappa shape index (κ1) is 20.3. The zero-order valence-electron chi connectivity index (χ0n) is 15.4. The number of carbonyl (C=O) groups is 2. The first-order chi connectivity index (χ1) is 14.5. The molecule has 3 aromatic carbocycles. The van der Waals surface area contributed by atoms with Crippen LogP contribution in [0.2, 0.25) is 10.0 Å². The number of nitrogens with zero attached hydrogens (tertiary/aromatic N) is 1. The molecule has 1 amide bonds. The van der Waals surface area contributed by atoms with Crippen LogP contribution in [0.5, 0.6) is 0 Å². The summed E-state index contributed by atoms with van der Waals surface area (Å²) in [5, 5.41) is 6.09. The van der Waals surface area contributed by atoms with Gasteiger partial charge in [-0.1, -0.05) is 65.7 Å². The van der Waals surface area contributed by atoms with E-state index < -0.39 is 0 Å². The molecule has 0 unspecified atom stereocenters. The number of rotatable bonds is 5. The Morgan fingerprint density at radius 1 is 0.833 bits per heavy atom. The molecule has 1 heterocycles. The van der Waals surface area contributed by atoms with Crippen LogP contribution < -0.4 is 5.32 Å². The lowest BCUT2D eigenvalue weighted by Crippen LogP contribution is -2.12. The number of benzene rings is 3. The minimum absolute atomic E-state index is 0.0921. The van der Waals surface area contributed by atoms with Crippen LogP contribution in [0.25, 0.3) is 11.3 Å². The van der Waals surface area contributed by atoms with E-state index in [9.17, 15) is 9.59 Å². The molecular weight excluding hydrogens is 439 g/mol. The summed E-state index contributed by atoms with van der Waals surface area (Å²) in [7, 11) is 0. The lowest BCUT2D eigenvalue weighted by atomic mass is 10.0. The number of ketones is 1. The maximum absolute atomic E-state index is 12.6. The molecular formula is C23H14Cl2N2O2S. The molecule has 0 aliphatic carbocycles. The van der Waals surface area contributed by atoms with Gasteiger partial charge in [0.1, 0.15) is 0 Å². The summed E-state index contributed by atoms with van der Waals surface area (Å²) in [6, 6.07) is 20.7. The van der Waals surface area contributed by atoms with Crippen molar-refractivity contribution in [3.63, 3.8) is 0 Å². The topological polar surface area (TPSA) is 59.1 Å². The van der Waals surface area contributed by atoms with Gasteiger partial charge >= 0.3 is 0 Å². The molecule has 4 nitrogen and oxygen atoms in total. The van der Waals surface area contributed by atoms with Crippen LogP contribution >= 0.6 is 34.5 Å². The second kappa shape index (κ2) is 8.79. The van der Waals surface area contributed by atoms with Crippen molar-refractivity contribution < 1.29 is 9.59 Å². The van der Waals surface area contributed by atoms with Crippen LogP contribution in [0.3, 0.4) is 0 Å². The van der Waals surface area contributed by atoms with Crippen LogP contribution in [0.4, 0.5) is 5.13 Å². The quantitative estimate of drug-likeness (QED) is 0.347. The van der Waals surface area contributed by atoms with Gasteiger partial charge in [0.25, 0.3) is 5.91 Å². The highest BCUT2D eigenvalue weighted by Crippen LogP contribution is 2.32. The minimum Gasteiger partial charge on any atom is -0.298 e. The number of thiazole rings is 1. The highest BCUT2D eigenvalue weighted by molar-refractivity contribution is 7.14. The van der Waals surface area contributed by atoms with Crippen molar-refractivity contribution in [2.45, 2.75) is 0 Å². The molecule has 0 saturated carbocycles. The highest BCUT2D eigenvalue weighted by atomic mass is 35.5. The first-order valence-corrected chi connectivity index (χ1v) is 10.6. The predicted octanol–water partition coefficient (Wildman–Crippen LogP) is 6.60. The Hall–Kier alpha value is -2.99. The molecule has 1 N–H and O–H groups in total. The average molecular weight is 453 g/mol. The zero-order chi connectivity index (χ0) is 21.1. The lowest BCUT2D eigenvalue weighted by Gasteiger charge is -2.04. The number of nitrogens with one attached hydrogen (secondary N) is 1. The lowest BCUT2D eigenvalue weighted by molar-refractivity contribution is 0.102. The fourth-order valence-electron chi connectivity index (χ4n) is 2.85. The summed E-state index contributed by atoms with van der Waals surface area (Å²) in [4.78, 5) is 29.5. The van der Waals surface area contributed by atoms with E-state index in [0.717, 1.165) is 0 Å². The van der Waals surface area contributed by atoms with Gasteiger partial charge < -0.3 is 0 Å². The molecule has 4 rings (SSSR count). The van der Waals surface area contributed by atoms with E-state index in [1.165, 1.54) is 11.3 Å². The Labute approximate surface area is 187 Å². The van der Waals surface area contributed by atoms with E-state index in [-0.39, 0.29) is 11.7 Å². The third-order valence-electron chi connectivity index (χ3n) is 4.37. The Bertz CT molecular complexity index is 1220. The van der Waals surface area contributed by atoms with E-state index in [0.29, 0.717) is 43.1 Å². The Balaban J connectivity index is 1.48. The van der Waals surface area contributed by atoms with Crippen molar-refractivity contribution in [2.24, 2.45) is 0 Å². The van der Waals surface area contributed by atoms with E-state index in [4.69, 9.17) is 23.2 Å². The van der Waals surface area contributed by atoms with Crippen molar-refractivity contribution >= 4 is 51.4 Å². The number of aromatic nitrogens is 1. The third kappa shape index (κ3) is 4.44. The Morgan fingerprint density at radius 2 is 1.50 bits per heavy atom. The molecule has 7 heteroatoms. The number of hydrogen-bond donors (Lipinski definition) is 1. The van der Waals surface area contributed by atoms with Crippen LogP contribution in [-0.2, 0) is 0 Å². The highest BCUT2D eigenvalue weighted by Gasteiger charge is 2.14. The average Bonchev–Trinajstić information content (AvgIpc) is 3.24. The number of hydrogen-bond acceptors (Lipinski definition) is 4. The number of amides is 1. The van der Waals surface area contributed by atoms with Crippen LogP contribution in [0, 0.1) is 0 Å². The van der Waals surface area contributed by atoms with Gasteiger partial charge in [0.05, 0.1) is 10.7 Å². The molecule has 0 saturated heterocycles. The fourth-order valence-corrected chi connectivity index (χ4v) is 3.94. The smallest absolute Gasteiger partial charge is 0.257 e. The van der Waals surface area contributed by atoms with Gasteiger partial charge in [-0.25, -0.2) is 4.98 Å². The molecule has 0 spiro atoms. The van der Waals surface area contributed by atoms with Crippen LogP contribution in [0.1, 0.15) is 26.3 Å². The van der Waals surface area contributed by atoms with Gasteiger partial charge in [0.15, 0.2) is 10.9 Å². The molecule has 0 radical (unpaired) electrons. The summed E-state index contributed by atoms with van der Waals surface area (Å²) in [6.45, 7) is 0. The third-order valence-corrected chi connectivity index (χ3v) is 5.70. The van der Waals surface area contributed by atoms with Crippen LogP contribution in [-0.4, -0.2) is 16.7 Å². The zero-order valence-corrected chi connectivity index (χ0v) is 17.8. The summed E-state index contributed by atoms with van der Waals surface area (Å²) in [6.07, 6.45) is 0. The van der Waals surface area contributed by atoms with E-state index in [2.05, 4.69) is 10.3 Å². The number of anilines is 1. The molecule has 30 heavy (non-hydrogen) atoms. The van der Waals surface area contributed by atoms with E-state index in [1.54, 1.807) is 60.0 Å². The van der Waals surface area contributed by atoms with Gasteiger partial charge in [0.2, 0.25) is 0 Å². The number of halogens is 2. The summed E-state index contributed by atoms with van der Waals surface area (Å²) >= 11 is 13.5.